The van der Waals surface area contributed by atoms with E-state index >= 15 is 0 Å². The minimum absolute atomic E-state index is 0.456. The fraction of sp³-hybridized carbons (Fsp3) is 0. The van der Waals surface area contributed by atoms with Crippen LogP contribution in [0.25, 0.3) is 55.4 Å². The van der Waals surface area contributed by atoms with Gasteiger partial charge in [-0.25, -0.2) is 0 Å². The minimum atomic E-state index is -0.477. The summed E-state index contributed by atoms with van der Waals surface area (Å²) in [5.74, 6) is -0.477. The summed E-state index contributed by atoms with van der Waals surface area (Å²) in [6.45, 7) is 0. The monoisotopic (exact) mass is 476 g/mol. The first-order valence-corrected chi connectivity index (χ1v) is 12.2. The lowest BCUT2D eigenvalue weighted by Gasteiger charge is -2.24. The van der Waals surface area contributed by atoms with Gasteiger partial charge in [0.15, 0.2) is 0 Å². The summed E-state index contributed by atoms with van der Waals surface area (Å²) in [6, 6.07) is 42.9. The van der Waals surface area contributed by atoms with Crippen molar-refractivity contribution in [3.8, 4) is 44.5 Å². The molecule has 0 aliphatic heterocycles. The molecule has 1 aromatic heterocycles. The van der Waals surface area contributed by atoms with Crippen molar-refractivity contribution in [2.75, 3.05) is 0 Å². The number of nitrogens with two attached hydrogens (primary N) is 1. The van der Waals surface area contributed by atoms with Crippen LogP contribution in [0, 0.1) is 0 Å². The van der Waals surface area contributed by atoms with Gasteiger partial charge in [0, 0.05) is 28.3 Å². The van der Waals surface area contributed by atoms with Crippen molar-refractivity contribution in [3.05, 3.63) is 139 Å². The van der Waals surface area contributed by atoms with Crippen LogP contribution in [-0.2, 0) is 0 Å². The van der Waals surface area contributed by atoms with Gasteiger partial charge in [-0.15, -0.1) is 0 Å². The molecule has 176 valence electrons. The number of rotatable bonds is 5. The highest BCUT2D eigenvalue weighted by Gasteiger charge is 2.26. The molecule has 3 heteroatoms. The first kappa shape index (κ1) is 22.4. The van der Waals surface area contributed by atoms with Gasteiger partial charge in [-0.2, -0.15) is 0 Å². The second kappa shape index (κ2) is 9.56. The van der Waals surface area contributed by atoms with Gasteiger partial charge >= 0.3 is 0 Å². The van der Waals surface area contributed by atoms with Crippen LogP contribution in [0.5, 0.6) is 0 Å². The van der Waals surface area contributed by atoms with Crippen molar-refractivity contribution in [2.45, 2.75) is 0 Å². The number of primary amides is 1. The highest BCUT2D eigenvalue weighted by Crippen LogP contribution is 2.50. The predicted octanol–water partition coefficient (Wildman–Crippen LogP) is 8.00. The molecule has 6 aromatic rings. The van der Waals surface area contributed by atoms with E-state index in [2.05, 4.69) is 60.7 Å². The van der Waals surface area contributed by atoms with E-state index in [0.29, 0.717) is 5.56 Å². The molecule has 6 rings (SSSR count). The van der Waals surface area contributed by atoms with Gasteiger partial charge in [0.25, 0.3) is 0 Å². The molecule has 0 saturated carbocycles. The number of aromatic nitrogens is 1. The van der Waals surface area contributed by atoms with E-state index in [-0.39, 0.29) is 0 Å². The van der Waals surface area contributed by atoms with Crippen molar-refractivity contribution in [1.29, 1.82) is 0 Å². The Morgan fingerprint density at radius 2 is 0.865 bits per heavy atom. The molecule has 0 aliphatic rings. The Balaban J connectivity index is 1.95. The molecule has 37 heavy (non-hydrogen) atoms. The van der Waals surface area contributed by atoms with Gasteiger partial charge in [-0.3, -0.25) is 9.78 Å². The first-order valence-electron chi connectivity index (χ1n) is 12.2. The van der Waals surface area contributed by atoms with E-state index in [4.69, 9.17) is 10.7 Å². The van der Waals surface area contributed by atoms with E-state index in [1.165, 1.54) is 0 Å². The molecule has 0 unspecified atom stereocenters. The van der Waals surface area contributed by atoms with Crippen LogP contribution in [0.1, 0.15) is 10.4 Å². The van der Waals surface area contributed by atoms with Gasteiger partial charge in [0.2, 0.25) is 5.91 Å². The van der Waals surface area contributed by atoms with E-state index in [0.717, 1.165) is 55.4 Å². The molecule has 0 saturated heterocycles. The van der Waals surface area contributed by atoms with Gasteiger partial charge in [-0.1, -0.05) is 121 Å². The average Bonchev–Trinajstić information content (AvgIpc) is 2.97. The maximum Gasteiger partial charge on any atom is 0.249 e. The third-order valence-corrected chi connectivity index (χ3v) is 6.70. The average molecular weight is 477 g/mol. The fourth-order valence-corrected chi connectivity index (χ4v) is 5.17. The number of carbonyl (C=O) groups is 1. The molecule has 0 radical (unpaired) electrons. The molecule has 0 aliphatic carbocycles. The SMILES string of the molecule is NC(=O)c1ccnc2c(-c3ccccc3)c(-c3ccccc3)c(-c3ccccc3)c(-c3ccccc3)c12. The lowest BCUT2D eigenvalue weighted by molar-refractivity contribution is 0.100. The Morgan fingerprint density at radius 1 is 0.486 bits per heavy atom. The third-order valence-electron chi connectivity index (χ3n) is 6.70. The Labute approximate surface area is 215 Å². The van der Waals surface area contributed by atoms with Gasteiger partial charge in [-0.05, 0) is 33.9 Å². The standard InChI is InChI=1S/C34H24N2O/c35-34(37)27-21-22-36-33-31(26-19-11-4-12-20-26)29(24-15-7-2-8-16-24)28(23-13-5-1-6-14-23)30(32(27)33)25-17-9-3-10-18-25/h1-22H,(H2,35,37). The lowest BCUT2D eigenvalue weighted by atomic mass is 9.79. The minimum Gasteiger partial charge on any atom is -0.366 e. The van der Waals surface area contributed by atoms with Crippen LogP contribution in [0.4, 0.5) is 0 Å². The molecule has 0 bridgehead atoms. The quantitative estimate of drug-likeness (QED) is 0.274. The fourth-order valence-electron chi connectivity index (χ4n) is 5.17. The Hall–Kier alpha value is -5.02. The molecular formula is C34H24N2O. The summed E-state index contributed by atoms with van der Waals surface area (Å²) in [5.41, 5.74) is 15.4. The van der Waals surface area contributed by atoms with E-state index < -0.39 is 5.91 Å². The Bertz CT molecular complexity index is 1710. The summed E-state index contributed by atoms with van der Waals surface area (Å²) >= 11 is 0. The summed E-state index contributed by atoms with van der Waals surface area (Å²) < 4.78 is 0. The second-order valence-corrected chi connectivity index (χ2v) is 8.91. The number of pyridine rings is 1. The maximum atomic E-state index is 12.8. The zero-order valence-electron chi connectivity index (χ0n) is 20.1. The predicted molar refractivity (Wildman–Crippen MR) is 152 cm³/mol. The number of nitrogens with zero attached hydrogens (tertiary/aromatic N) is 1. The van der Waals surface area contributed by atoms with Crippen LogP contribution in [-0.4, -0.2) is 10.9 Å². The zero-order chi connectivity index (χ0) is 25.2. The Kier molecular flexibility index (Phi) is 5.80. The highest BCUT2D eigenvalue weighted by molar-refractivity contribution is 6.22. The van der Waals surface area contributed by atoms with E-state index in [9.17, 15) is 4.79 Å². The van der Waals surface area contributed by atoms with E-state index in [1.54, 1.807) is 12.3 Å². The normalized spacial score (nSPS) is 10.9. The molecule has 3 nitrogen and oxygen atoms in total. The highest BCUT2D eigenvalue weighted by atomic mass is 16.1. The van der Waals surface area contributed by atoms with Gasteiger partial charge in [0.05, 0.1) is 11.1 Å². The van der Waals surface area contributed by atoms with Crippen LogP contribution in [0.15, 0.2) is 134 Å². The molecule has 1 heterocycles. The summed E-state index contributed by atoms with van der Waals surface area (Å²) in [5, 5.41) is 0.763. The van der Waals surface area contributed by atoms with Crippen molar-refractivity contribution >= 4 is 16.8 Å². The maximum absolute atomic E-state index is 12.8. The summed E-state index contributed by atoms with van der Waals surface area (Å²) in [4.78, 5) is 17.7. The molecule has 1 amide bonds. The topological polar surface area (TPSA) is 56.0 Å². The molecular weight excluding hydrogens is 452 g/mol. The van der Waals surface area contributed by atoms with Crippen LogP contribution >= 0.6 is 0 Å². The van der Waals surface area contributed by atoms with Gasteiger partial charge < -0.3 is 5.73 Å². The summed E-state index contributed by atoms with van der Waals surface area (Å²) in [6.07, 6.45) is 1.68. The lowest BCUT2D eigenvalue weighted by Crippen LogP contribution is -2.13. The number of hydrogen-bond donors (Lipinski definition) is 1. The van der Waals surface area contributed by atoms with Gasteiger partial charge in [0.1, 0.15) is 0 Å². The largest absolute Gasteiger partial charge is 0.366 e. The van der Waals surface area contributed by atoms with Crippen LogP contribution < -0.4 is 5.73 Å². The molecule has 0 atom stereocenters. The smallest absolute Gasteiger partial charge is 0.249 e. The summed E-state index contributed by atoms with van der Waals surface area (Å²) in [7, 11) is 0. The van der Waals surface area contributed by atoms with Crippen LogP contribution in [0.2, 0.25) is 0 Å². The number of fused-ring (bicyclic) bond motifs is 1. The second-order valence-electron chi connectivity index (χ2n) is 8.91. The first-order chi connectivity index (χ1) is 18.2. The number of amides is 1. The Morgan fingerprint density at radius 3 is 1.30 bits per heavy atom. The van der Waals surface area contributed by atoms with Crippen molar-refractivity contribution < 1.29 is 4.79 Å². The van der Waals surface area contributed by atoms with E-state index in [1.807, 2.05) is 60.7 Å². The van der Waals surface area contributed by atoms with Crippen molar-refractivity contribution in [3.63, 3.8) is 0 Å². The molecule has 0 spiro atoms. The zero-order valence-corrected chi connectivity index (χ0v) is 20.1. The molecule has 5 aromatic carbocycles. The van der Waals surface area contributed by atoms with Crippen molar-refractivity contribution in [1.82, 2.24) is 4.98 Å². The molecule has 0 fully saturated rings. The third kappa shape index (κ3) is 3.97. The van der Waals surface area contributed by atoms with Crippen LogP contribution in [0.3, 0.4) is 0 Å². The number of hydrogen-bond acceptors (Lipinski definition) is 2. The molecule has 2 N–H and O–H groups in total. The number of carbonyl (C=O) groups excluding carboxylic acids is 1. The number of benzene rings is 5. The van der Waals surface area contributed by atoms with Crippen molar-refractivity contribution in [2.24, 2.45) is 5.73 Å².